The number of hydrogen-bond acceptors (Lipinski definition) is 6. The average Bonchev–Trinajstić information content (AvgIpc) is 3.12. The van der Waals surface area contributed by atoms with Gasteiger partial charge in [0.25, 0.3) is 0 Å². The first-order chi connectivity index (χ1) is 12.8. The predicted molar refractivity (Wildman–Crippen MR) is 97.9 cm³/mol. The van der Waals surface area contributed by atoms with E-state index in [1.807, 2.05) is 4.90 Å². The Bertz CT molecular complexity index is 803. The highest BCUT2D eigenvalue weighted by molar-refractivity contribution is 7.89. The molecule has 3 rings (SSSR count). The van der Waals surface area contributed by atoms with E-state index in [0.717, 1.165) is 0 Å². The summed E-state index contributed by atoms with van der Waals surface area (Å²) < 4.78 is 32.1. The molecule has 9 nitrogen and oxygen atoms in total. The van der Waals surface area contributed by atoms with Crippen molar-refractivity contribution in [1.29, 1.82) is 0 Å². The van der Waals surface area contributed by atoms with Crippen molar-refractivity contribution in [3.05, 3.63) is 24.3 Å². The van der Waals surface area contributed by atoms with Crippen LogP contribution in [0.15, 0.2) is 29.2 Å². The first-order valence-corrected chi connectivity index (χ1v) is 10.3. The zero-order valence-electron chi connectivity index (χ0n) is 15.4. The molecule has 1 aromatic rings. The molecule has 2 saturated heterocycles. The van der Waals surface area contributed by atoms with Crippen LogP contribution in [0.3, 0.4) is 0 Å². The molecule has 0 aliphatic carbocycles. The van der Waals surface area contributed by atoms with Crippen LogP contribution in [0, 0.1) is 0 Å². The van der Waals surface area contributed by atoms with Crippen LogP contribution in [0.2, 0.25) is 0 Å². The minimum Gasteiger partial charge on any atom is -0.497 e. The Morgan fingerprint density at radius 3 is 2.26 bits per heavy atom. The minimum atomic E-state index is -3.59. The summed E-state index contributed by atoms with van der Waals surface area (Å²) in [5, 5.41) is 2.61. The number of piperazine rings is 1. The van der Waals surface area contributed by atoms with E-state index in [1.54, 1.807) is 19.1 Å². The van der Waals surface area contributed by atoms with Gasteiger partial charge in [-0.25, -0.2) is 13.2 Å². The second-order valence-electron chi connectivity index (χ2n) is 6.51. The summed E-state index contributed by atoms with van der Waals surface area (Å²) in [4.78, 5) is 27.5. The zero-order valence-corrected chi connectivity index (χ0v) is 16.2. The van der Waals surface area contributed by atoms with Crippen LogP contribution < -0.4 is 10.1 Å². The molecule has 2 aliphatic heterocycles. The molecular weight excluding hydrogens is 372 g/mol. The molecule has 3 amide bonds. The Morgan fingerprint density at radius 2 is 1.74 bits per heavy atom. The SMILES string of the molecule is COc1ccc(S(=O)(=O)N2CCN(C(C)C(=O)N3CCNC3=O)CC2)cc1. The van der Waals surface area contributed by atoms with Gasteiger partial charge in [-0.1, -0.05) is 0 Å². The van der Waals surface area contributed by atoms with Crippen molar-refractivity contribution in [1.82, 2.24) is 19.4 Å². The number of nitrogens with zero attached hydrogens (tertiary/aromatic N) is 3. The van der Waals surface area contributed by atoms with Crippen molar-refractivity contribution in [3.8, 4) is 5.75 Å². The Balaban J connectivity index is 1.62. The largest absolute Gasteiger partial charge is 0.497 e. The molecule has 0 aromatic heterocycles. The molecule has 148 valence electrons. The molecule has 0 saturated carbocycles. The maximum atomic E-state index is 12.8. The van der Waals surface area contributed by atoms with Gasteiger partial charge >= 0.3 is 6.03 Å². The molecule has 2 fully saturated rings. The smallest absolute Gasteiger partial charge is 0.324 e. The maximum Gasteiger partial charge on any atom is 0.324 e. The number of carbonyl (C=O) groups excluding carboxylic acids is 2. The van der Waals surface area contributed by atoms with Crippen molar-refractivity contribution in [2.75, 3.05) is 46.4 Å². The van der Waals surface area contributed by atoms with Crippen molar-refractivity contribution >= 4 is 22.0 Å². The van der Waals surface area contributed by atoms with E-state index < -0.39 is 16.1 Å². The fourth-order valence-corrected chi connectivity index (χ4v) is 4.71. The van der Waals surface area contributed by atoms with Crippen LogP contribution >= 0.6 is 0 Å². The summed E-state index contributed by atoms with van der Waals surface area (Å²) in [5.41, 5.74) is 0. The second-order valence-corrected chi connectivity index (χ2v) is 8.45. The number of carbonyl (C=O) groups is 2. The lowest BCUT2D eigenvalue weighted by molar-refractivity contribution is -0.133. The number of nitrogens with one attached hydrogen (secondary N) is 1. The predicted octanol–water partition coefficient (Wildman–Crippen LogP) is -0.0582. The molecule has 1 unspecified atom stereocenters. The van der Waals surface area contributed by atoms with Crippen molar-refractivity contribution in [2.45, 2.75) is 17.9 Å². The fraction of sp³-hybridized carbons (Fsp3) is 0.529. The van der Waals surface area contributed by atoms with Gasteiger partial charge in [-0.15, -0.1) is 0 Å². The van der Waals surface area contributed by atoms with Gasteiger partial charge in [0, 0.05) is 39.3 Å². The Kier molecular flexibility index (Phi) is 5.68. The summed E-state index contributed by atoms with van der Waals surface area (Å²) in [5.74, 6) is 0.341. The molecule has 2 heterocycles. The molecular formula is C17H24N4O5S. The Labute approximate surface area is 158 Å². The van der Waals surface area contributed by atoms with Gasteiger partial charge < -0.3 is 10.1 Å². The van der Waals surface area contributed by atoms with Crippen molar-refractivity contribution in [2.24, 2.45) is 0 Å². The molecule has 1 atom stereocenters. The molecule has 10 heteroatoms. The highest BCUT2D eigenvalue weighted by Crippen LogP contribution is 2.21. The molecule has 0 bridgehead atoms. The van der Waals surface area contributed by atoms with Crippen molar-refractivity contribution < 1.29 is 22.7 Å². The van der Waals surface area contributed by atoms with Gasteiger partial charge in [0.15, 0.2) is 0 Å². The van der Waals surface area contributed by atoms with Crippen LogP contribution in [-0.4, -0.2) is 86.9 Å². The fourth-order valence-electron chi connectivity index (χ4n) is 3.29. The lowest BCUT2D eigenvalue weighted by atomic mass is 10.2. The third-order valence-electron chi connectivity index (χ3n) is 5.00. The van der Waals surface area contributed by atoms with E-state index in [9.17, 15) is 18.0 Å². The van der Waals surface area contributed by atoms with E-state index in [-0.39, 0.29) is 29.9 Å². The summed E-state index contributed by atoms with van der Waals surface area (Å²) in [6.07, 6.45) is 0. The lowest BCUT2D eigenvalue weighted by Crippen LogP contribution is -2.55. The number of sulfonamides is 1. The number of methoxy groups -OCH3 is 1. The van der Waals surface area contributed by atoms with E-state index in [0.29, 0.717) is 31.9 Å². The van der Waals surface area contributed by atoms with Gasteiger partial charge in [0.1, 0.15) is 5.75 Å². The Hall–Kier alpha value is -2.17. The first-order valence-electron chi connectivity index (χ1n) is 8.82. The average molecular weight is 396 g/mol. The highest BCUT2D eigenvalue weighted by atomic mass is 32.2. The zero-order chi connectivity index (χ0) is 19.6. The molecule has 0 radical (unpaired) electrons. The molecule has 1 aromatic carbocycles. The number of ether oxygens (including phenoxy) is 1. The quantitative estimate of drug-likeness (QED) is 0.749. The topological polar surface area (TPSA) is 99.3 Å². The van der Waals surface area contributed by atoms with E-state index in [1.165, 1.54) is 28.4 Å². The minimum absolute atomic E-state index is 0.217. The van der Waals surface area contributed by atoms with Crippen LogP contribution in [-0.2, 0) is 14.8 Å². The van der Waals surface area contributed by atoms with Gasteiger partial charge in [-0.2, -0.15) is 4.31 Å². The number of rotatable bonds is 5. The summed E-state index contributed by atoms with van der Waals surface area (Å²) in [6.45, 7) is 4.02. The van der Waals surface area contributed by atoms with Crippen LogP contribution in [0.1, 0.15) is 6.92 Å². The normalized spacial score (nSPS) is 20.4. The van der Waals surface area contributed by atoms with Crippen LogP contribution in [0.5, 0.6) is 5.75 Å². The standard InChI is InChI=1S/C17H24N4O5S/c1-13(16(22)21-8-7-18-17(21)23)19-9-11-20(12-10-19)27(24,25)15-5-3-14(26-2)4-6-15/h3-6,13H,7-12H2,1-2H3,(H,18,23). The number of hydrogen-bond donors (Lipinski definition) is 1. The van der Waals surface area contributed by atoms with E-state index >= 15 is 0 Å². The maximum absolute atomic E-state index is 12.8. The van der Waals surface area contributed by atoms with Gasteiger partial charge in [-0.3, -0.25) is 14.6 Å². The monoisotopic (exact) mass is 396 g/mol. The van der Waals surface area contributed by atoms with Crippen LogP contribution in [0.4, 0.5) is 4.79 Å². The number of urea groups is 1. The third-order valence-corrected chi connectivity index (χ3v) is 6.91. The highest BCUT2D eigenvalue weighted by Gasteiger charge is 2.35. The van der Waals surface area contributed by atoms with E-state index in [2.05, 4.69) is 5.32 Å². The lowest BCUT2D eigenvalue weighted by Gasteiger charge is -2.37. The summed E-state index contributed by atoms with van der Waals surface area (Å²) in [6, 6.07) is 5.44. The van der Waals surface area contributed by atoms with Gasteiger partial charge in [0.2, 0.25) is 15.9 Å². The van der Waals surface area contributed by atoms with E-state index in [4.69, 9.17) is 4.74 Å². The molecule has 0 spiro atoms. The number of imide groups is 1. The molecule has 27 heavy (non-hydrogen) atoms. The molecule has 1 N–H and O–H groups in total. The second kappa shape index (κ2) is 7.83. The number of amides is 3. The Morgan fingerprint density at radius 1 is 1.11 bits per heavy atom. The number of benzene rings is 1. The van der Waals surface area contributed by atoms with Crippen LogP contribution in [0.25, 0.3) is 0 Å². The first kappa shape index (κ1) is 19.6. The molecule has 2 aliphatic rings. The summed E-state index contributed by atoms with van der Waals surface area (Å²) in [7, 11) is -2.06. The third kappa shape index (κ3) is 3.92. The van der Waals surface area contributed by atoms with Gasteiger partial charge in [0.05, 0.1) is 18.0 Å². The summed E-state index contributed by atoms with van der Waals surface area (Å²) >= 11 is 0. The van der Waals surface area contributed by atoms with Crippen molar-refractivity contribution in [3.63, 3.8) is 0 Å². The van der Waals surface area contributed by atoms with Gasteiger partial charge in [-0.05, 0) is 31.2 Å².